The minimum absolute atomic E-state index is 0.0134. The molecule has 25 heteroatoms. The van der Waals surface area contributed by atoms with Crippen LogP contribution in [0, 0.1) is 12.3 Å². The molecule has 0 saturated carbocycles. The van der Waals surface area contributed by atoms with Crippen LogP contribution in [-0.2, 0) is 40.4 Å². The lowest BCUT2D eigenvalue weighted by Crippen LogP contribution is -2.58. The van der Waals surface area contributed by atoms with E-state index in [2.05, 4.69) is 25.9 Å². The molecule has 6 heterocycles. The van der Waals surface area contributed by atoms with Gasteiger partial charge in [0, 0.05) is 56.4 Å². The van der Waals surface area contributed by atoms with Crippen LogP contribution >= 0.6 is 34.5 Å². The number of benzene rings is 2. The molecule has 0 unspecified atom stereocenters. The molecule has 460 valence electrons. The van der Waals surface area contributed by atoms with Gasteiger partial charge in [-0.15, -0.1) is 11.3 Å². The smallest absolute Gasteiger partial charge is 0.279 e. The van der Waals surface area contributed by atoms with Crippen LogP contribution in [0.4, 0.5) is 5.69 Å². The Morgan fingerprint density at radius 2 is 1.50 bits per heavy atom. The minimum atomic E-state index is -0.969. The van der Waals surface area contributed by atoms with Gasteiger partial charge in [0.05, 0.1) is 110 Å². The molecular formula is C61H74Cl2N10O12S. The maximum absolute atomic E-state index is 14.5. The number of likely N-dealkylation sites (tertiary alicyclic amines) is 1. The molecule has 5 amide bonds. The Hall–Kier alpha value is -7.09. The standard InChI is InChI=1S/C61H74Cl2N10O12S/c1-35(2)72-51-49(59(79)73(47-29-43(63)32-70(8)58(47)78)50(51)39-14-16-42(62)17-15-39)69-54(72)45-28-41(31-65-57(45)81-9)55(76)64-19-21-83-23-25-85-27-26-84-24-22-82-20-18-48(75)68-53(61(5,6)7)60(80)71-33-44(74)30-46(71)56(77)67-36(3)38-10-12-40(13-11-38)52-37(4)66-34-86-52/h10-17,28-29,31-32,34-36,44,46,50,53,74H,18-27,30,33H2,1-9H3,(H,64,76)(H,67,77)(H,68,75)/t36-,44+,46-,50-,53+/m0/s1. The Morgan fingerprint density at radius 1 is 0.849 bits per heavy atom. The maximum Gasteiger partial charge on any atom is 0.279 e. The molecule has 1 saturated heterocycles. The number of ether oxygens (including phenoxy) is 5. The number of pyridine rings is 2. The first kappa shape index (κ1) is 64.9. The summed E-state index contributed by atoms with van der Waals surface area (Å²) in [5.41, 5.74) is 5.51. The Bertz CT molecular complexity index is 3440. The number of β-amino-alcohol motifs (C(OH)–C–C–N with tert-alkyl or cyclic N) is 1. The van der Waals surface area contributed by atoms with E-state index in [1.54, 1.807) is 54.2 Å². The van der Waals surface area contributed by atoms with Crippen molar-refractivity contribution in [1.82, 2.24) is 44.9 Å². The average Bonchev–Trinajstić information content (AvgIpc) is 1.82. The maximum atomic E-state index is 14.5. The van der Waals surface area contributed by atoms with Crippen LogP contribution in [0.1, 0.15) is 116 Å². The Morgan fingerprint density at radius 3 is 2.12 bits per heavy atom. The molecule has 86 heavy (non-hydrogen) atoms. The Kier molecular flexibility index (Phi) is 21.9. The second-order valence-electron chi connectivity index (χ2n) is 22.3. The van der Waals surface area contributed by atoms with Crippen molar-refractivity contribution in [2.45, 2.75) is 97.6 Å². The second kappa shape index (κ2) is 29.1. The highest BCUT2D eigenvalue weighted by Crippen LogP contribution is 2.45. The summed E-state index contributed by atoms with van der Waals surface area (Å²) in [6, 6.07) is 14.6. The SMILES string of the molecule is COc1ncc(C(=O)NCCOCCOCCOCCOCCC(=O)N[C@H](C(=O)N2C[C@H](O)C[C@H]2C(=O)N[C@@H](C)c2ccc(-c3scnc3C)cc2)C(C)(C)C)cc1-c1nc2c(n1C(C)C)[C@H](c1ccc(Cl)cc1)N(c1cc(Cl)cn(C)c1=O)C2=O. The van der Waals surface area contributed by atoms with Crippen molar-refractivity contribution in [1.29, 1.82) is 0 Å². The number of amides is 5. The van der Waals surface area contributed by atoms with E-state index in [-0.39, 0.29) is 111 Å². The molecule has 2 aliphatic heterocycles. The number of aryl methyl sites for hydroxylation is 2. The minimum Gasteiger partial charge on any atom is -0.480 e. The van der Waals surface area contributed by atoms with E-state index in [9.17, 15) is 33.9 Å². The zero-order valence-electron chi connectivity index (χ0n) is 49.7. The largest absolute Gasteiger partial charge is 0.480 e. The Balaban J connectivity index is 0.729. The lowest BCUT2D eigenvalue weighted by Gasteiger charge is -2.35. The number of anilines is 1. The molecule has 2 aliphatic rings. The molecule has 0 spiro atoms. The van der Waals surface area contributed by atoms with Gasteiger partial charge in [-0.2, -0.15) is 0 Å². The fourth-order valence-corrected chi connectivity index (χ4v) is 11.6. The number of carbonyl (C=O) groups is 5. The zero-order chi connectivity index (χ0) is 62.0. The van der Waals surface area contributed by atoms with Crippen LogP contribution in [0.25, 0.3) is 21.8 Å². The second-order valence-corrected chi connectivity index (χ2v) is 24.1. The summed E-state index contributed by atoms with van der Waals surface area (Å²) in [6.45, 7) is 15.2. The third kappa shape index (κ3) is 15.4. The number of nitrogens with zero attached hydrogens (tertiary/aromatic N) is 7. The molecule has 2 aromatic carbocycles. The van der Waals surface area contributed by atoms with Crippen molar-refractivity contribution in [2.75, 3.05) is 78.0 Å². The van der Waals surface area contributed by atoms with Crippen LogP contribution < -0.4 is 31.1 Å². The van der Waals surface area contributed by atoms with Gasteiger partial charge in [0.25, 0.3) is 17.4 Å². The first-order chi connectivity index (χ1) is 41.1. The number of thiazole rings is 1. The summed E-state index contributed by atoms with van der Waals surface area (Å²) in [5.74, 6) is -1.66. The number of imidazole rings is 1. The molecule has 22 nitrogen and oxygen atoms in total. The van der Waals surface area contributed by atoms with Crippen molar-refractivity contribution in [3.63, 3.8) is 0 Å². The lowest BCUT2D eigenvalue weighted by molar-refractivity contribution is -0.144. The van der Waals surface area contributed by atoms with Gasteiger partial charge in [0.2, 0.25) is 23.6 Å². The zero-order valence-corrected chi connectivity index (χ0v) is 52.0. The van der Waals surface area contributed by atoms with Crippen LogP contribution in [0.2, 0.25) is 10.0 Å². The lowest BCUT2D eigenvalue weighted by atomic mass is 9.85. The number of hydrogen-bond donors (Lipinski definition) is 4. The van der Waals surface area contributed by atoms with Gasteiger partial charge < -0.3 is 58.8 Å². The van der Waals surface area contributed by atoms with Crippen LogP contribution in [0.5, 0.6) is 5.88 Å². The van der Waals surface area contributed by atoms with E-state index in [4.69, 9.17) is 51.9 Å². The van der Waals surface area contributed by atoms with E-state index in [0.717, 1.165) is 21.7 Å². The van der Waals surface area contributed by atoms with E-state index in [1.165, 1.54) is 39.9 Å². The molecule has 6 aromatic rings. The van der Waals surface area contributed by atoms with Gasteiger partial charge in [0.15, 0.2) is 5.69 Å². The van der Waals surface area contributed by atoms with Crippen molar-refractivity contribution in [2.24, 2.45) is 12.5 Å². The molecule has 1 fully saturated rings. The van der Waals surface area contributed by atoms with Gasteiger partial charge >= 0.3 is 0 Å². The first-order valence-corrected chi connectivity index (χ1v) is 30.0. The number of fused-ring (bicyclic) bond motifs is 1. The number of hydrogen-bond acceptors (Lipinski definition) is 16. The normalized spacial score (nSPS) is 16.6. The van der Waals surface area contributed by atoms with E-state index >= 15 is 0 Å². The van der Waals surface area contributed by atoms with Gasteiger partial charge in [-0.1, -0.05) is 80.4 Å². The number of aliphatic hydroxyl groups excluding tert-OH is 1. The molecule has 4 aromatic heterocycles. The monoisotopic (exact) mass is 1240 g/mol. The summed E-state index contributed by atoms with van der Waals surface area (Å²) in [5, 5.41) is 20.1. The summed E-state index contributed by atoms with van der Waals surface area (Å²) in [4.78, 5) is 100. The molecule has 8 rings (SSSR count). The molecule has 5 atom stereocenters. The summed E-state index contributed by atoms with van der Waals surface area (Å²) >= 11 is 14.3. The number of aromatic nitrogens is 5. The highest BCUT2D eigenvalue weighted by atomic mass is 35.5. The van der Waals surface area contributed by atoms with E-state index in [0.29, 0.717) is 40.9 Å². The number of halogens is 2. The number of nitrogens with one attached hydrogen (secondary N) is 3. The number of carbonyl (C=O) groups excluding carboxylic acids is 5. The quantitative estimate of drug-likeness (QED) is 0.0370. The van der Waals surface area contributed by atoms with Crippen molar-refractivity contribution in [3.8, 4) is 27.7 Å². The predicted octanol–water partition coefficient (Wildman–Crippen LogP) is 7.28. The molecule has 0 radical (unpaired) electrons. The highest BCUT2D eigenvalue weighted by molar-refractivity contribution is 7.13. The number of aliphatic hydroxyl groups is 1. The van der Waals surface area contributed by atoms with Crippen molar-refractivity contribution in [3.05, 3.63) is 133 Å². The van der Waals surface area contributed by atoms with Gasteiger partial charge in [0.1, 0.15) is 29.6 Å². The first-order valence-electron chi connectivity index (χ1n) is 28.4. The van der Waals surface area contributed by atoms with Crippen molar-refractivity contribution < 1.29 is 52.8 Å². The van der Waals surface area contributed by atoms with Gasteiger partial charge in [-0.3, -0.25) is 33.7 Å². The topological polar surface area (TPSA) is 260 Å². The van der Waals surface area contributed by atoms with Crippen LogP contribution in [0.3, 0.4) is 0 Å². The van der Waals surface area contributed by atoms with Crippen LogP contribution in [-0.4, -0.2) is 155 Å². The Labute approximate surface area is 513 Å². The third-order valence-electron chi connectivity index (χ3n) is 14.7. The van der Waals surface area contributed by atoms with E-state index in [1.807, 2.05) is 77.3 Å². The number of rotatable bonds is 27. The molecule has 0 bridgehead atoms. The fraction of sp³-hybridized carbons (Fsp3) is 0.459. The summed E-state index contributed by atoms with van der Waals surface area (Å²) in [7, 11) is 3.01. The predicted molar refractivity (Wildman–Crippen MR) is 326 cm³/mol. The van der Waals surface area contributed by atoms with Crippen molar-refractivity contribution >= 4 is 69.8 Å². The highest BCUT2D eigenvalue weighted by Gasteiger charge is 2.47. The fourth-order valence-electron chi connectivity index (χ4n) is 10.4. The summed E-state index contributed by atoms with van der Waals surface area (Å²) in [6.07, 6.45) is 2.03. The molecular weight excluding hydrogens is 1170 g/mol. The van der Waals surface area contributed by atoms with Gasteiger partial charge in [-0.25, -0.2) is 15.0 Å². The average molecular weight is 1240 g/mol. The third-order valence-corrected chi connectivity index (χ3v) is 16.1. The summed E-state index contributed by atoms with van der Waals surface area (Å²) < 4.78 is 31.4. The van der Waals surface area contributed by atoms with Crippen LogP contribution in [0.15, 0.2) is 83.4 Å². The molecule has 4 N–H and O–H groups in total. The van der Waals surface area contributed by atoms with E-state index < -0.39 is 58.8 Å². The molecule has 0 aliphatic carbocycles. The van der Waals surface area contributed by atoms with Gasteiger partial charge in [-0.05, 0) is 74.1 Å². The number of methoxy groups -OCH3 is 1.